The van der Waals surface area contributed by atoms with Crippen molar-refractivity contribution in [2.75, 3.05) is 26.7 Å². The molecule has 156 valence electrons. The van der Waals surface area contributed by atoms with Gasteiger partial charge in [-0.1, -0.05) is 60.7 Å². The summed E-state index contributed by atoms with van der Waals surface area (Å²) in [5.74, 6) is 1.55. The Labute approximate surface area is 183 Å². The zero-order valence-corrected chi connectivity index (χ0v) is 17.9. The average molecular weight is 423 g/mol. The van der Waals surface area contributed by atoms with Crippen LogP contribution in [0.5, 0.6) is 5.75 Å². The van der Waals surface area contributed by atoms with Crippen molar-refractivity contribution in [3.8, 4) is 5.75 Å². The van der Waals surface area contributed by atoms with E-state index < -0.39 is 0 Å². The number of ether oxygens (including phenoxy) is 1. The molecule has 0 aromatic heterocycles. The number of fused-ring (bicyclic) bond motifs is 1. The van der Waals surface area contributed by atoms with Gasteiger partial charge in [0.25, 0.3) is 0 Å². The van der Waals surface area contributed by atoms with Crippen molar-refractivity contribution < 1.29 is 9.53 Å². The fourth-order valence-electron chi connectivity index (χ4n) is 4.68. The molecule has 3 atom stereocenters. The molecule has 2 fully saturated rings. The third-order valence-corrected chi connectivity index (χ3v) is 6.33. The van der Waals surface area contributed by atoms with E-state index >= 15 is 0 Å². The molecular weight excluding hydrogens is 396 g/mol. The predicted molar refractivity (Wildman–Crippen MR) is 122 cm³/mol. The second-order valence-electron chi connectivity index (χ2n) is 8.05. The van der Waals surface area contributed by atoms with E-state index in [1.54, 1.807) is 7.11 Å². The molecule has 1 N–H and O–H groups in total. The van der Waals surface area contributed by atoms with Crippen LogP contribution >= 0.6 is 12.4 Å². The number of amides is 1. The quantitative estimate of drug-likeness (QED) is 0.670. The monoisotopic (exact) mass is 422 g/mol. The summed E-state index contributed by atoms with van der Waals surface area (Å²) in [6, 6.07) is 23.1. The summed E-state index contributed by atoms with van der Waals surface area (Å²) >= 11 is 0. The first-order valence-electron chi connectivity index (χ1n) is 10.4. The van der Waals surface area contributed by atoms with Crippen molar-refractivity contribution in [1.29, 1.82) is 0 Å². The maximum absolute atomic E-state index is 13.4. The van der Waals surface area contributed by atoms with Gasteiger partial charge in [0.2, 0.25) is 5.91 Å². The van der Waals surface area contributed by atoms with Gasteiger partial charge in [0.1, 0.15) is 5.75 Å². The molecule has 0 spiro atoms. The number of para-hydroxylation sites is 1. The van der Waals surface area contributed by atoms with E-state index in [-0.39, 0.29) is 30.3 Å². The van der Waals surface area contributed by atoms with Crippen LogP contribution in [0, 0.1) is 5.92 Å². The Morgan fingerprint density at radius 3 is 2.63 bits per heavy atom. The van der Waals surface area contributed by atoms with Crippen LogP contribution in [0.1, 0.15) is 29.5 Å². The number of methoxy groups -OCH3 is 1. The standard InChI is InChI=1S/C25H26N2O2.ClH/c1-29-24-9-5-4-8-20(24)23-16-26-12-13-27(23)25(28)22-15-21(22)19-11-10-17-6-2-3-7-18(17)14-19;/h2-11,14,21-23,26H,12-13,15-16H2,1H3;1H. The minimum absolute atomic E-state index is 0. The molecule has 1 amide bonds. The number of nitrogens with zero attached hydrogens (tertiary/aromatic N) is 1. The molecule has 5 heteroatoms. The molecular formula is C25H27ClN2O2. The van der Waals surface area contributed by atoms with Crippen LogP contribution in [0.4, 0.5) is 0 Å². The molecule has 1 heterocycles. The second-order valence-corrected chi connectivity index (χ2v) is 8.05. The van der Waals surface area contributed by atoms with E-state index in [0.29, 0.717) is 5.92 Å². The van der Waals surface area contributed by atoms with E-state index in [2.05, 4.69) is 58.7 Å². The highest BCUT2D eigenvalue weighted by Crippen LogP contribution is 2.50. The van der Waals surface area contributed by atoms with Crippen molar-refractivity contribution in [3.05, 3.63) is 77.9 Å². The molecule has 30 heavy (non-hydrogen) atoms. The minimum atomic E-state index is 0. The van der Waals surface area contributed by atoms with Gasteiger partial charge in [-0.2, -0.15) is 0 Å². The molecule has 0 bridgehead atoms. The van der Waals surface area contributed by atoms with Gasteiger partial charge in [0.15, 0.2) is 0 Å². The second kappa shape index (κ2) is 8.66. The van der Waals surface area contributed by atoms with E-state index in [0.717, 1.165) is 37.4 Å². The van der Waals surface area contributed by atoms with E-state index in [4.69, 9.17) is 4.74 Å². The summed E-state index contributed by atoms with van der Waals surface area (Å²) < 4.78 is 5.57. The van der Waals surface area contributed by atoms with Crippen LogP contribution in [-0.4, -0.2) is 37.6 Å². The molecule has 3 aromatic rings. The summed E-state index contributed by atoms with van der Waals surface area (Å²) in [4.78, 5) is 15.5. The predicted octanol–water partition coefficient (Wildman–Crippen LogP) is 4.55. The Balaban J connectivity index is 0.00000218. The number of nitrogens with one attached hydrogen (secondary N) is 1. The number of hydrogen-bond donors (Lipinski definition) is 1. The maximum atomic E-state index is 13.4. The molecule has 5 rings (SSSR count). The van der Waals surface area contributed by atoms with Crippen LogP contribution in [0.2, 0.25) is 0 Å². The Morgan fingerprint density at radius 2 is 1.80 bits per heavy atom. The Morgan fingerprint density at radius 1 is 1.03 bits per heavy atom. The van der Waals surface area contributed by atoms with Crippen molar-refractivity contribution in [2.24, 2.45) is 5.92 Å². The summed E-state index contributed by atoms with van der Waals surface area (Å²) in [7, 11) is 1.69. The van der Waals surface area contributed by atoms with E-state index in [1.807, 2.05) is 18.2 Å². The highest BCUT2D eigenvalue weighted by molar-refractivity contribution is 5.86. The van der Waals surface area contributed by atoms with Crippen molar-refractivity contribution in [1.82, 2.24) is 10.2 Å². The van der Waals surface area contributed by atoms with Gasteiger partial charge in [0, 0.05) is 31.1 Å². The lowest BCUT2D eigenvalue weighted by Gasteiger charge is -2.37. The Bertz CT molecular complexity index is 1050. The first-order chi connectivity index (χ1) is 14.3. The zero-order valence-electron chi connectivity index (χ0n) is 17.1. The zero-order chi connectivity index (χ0) is 19.8. The van der Waals surface area contributed by atoms with Gasteiger partial charge in [-0.15, -0.1) is 12.4 Å². The number of rotatable bonds is 4. The fourth-order valence-corrected chi connectivity index (χ4v) is 4.68. The molecule has 4 nitrogen and oxygen atoms in total. The third-order valence-electron chi connectivity index (χ3n) is 6.33. The van der Waals surface area contributed by atoms with E-state index in [9.17, 15) is 4.79 Å². The van der Waals surface area contributed by atoms with E-state index in [1.165, 1.54) is 16.3 Å². The lowest BCUT2D eigenvalue weighted by Crippen LogP contribution is -2.49. The molecule has 2 aliphatic rings. The minimum Gasteiger partial charge on any atom is -0.496 e. The van der Waals surface area contributed by atoms with Gasteiger partial charge in [-0.25, -0.2) is 0 Å². The van der Waals surface area contributed by atoms with Crippen molar-refractivity contribution >= 4 is 29.1 Å². The first-order valence-corrected chi connectivity index (χ1v) is 10.4. The number of piperazine rings is 1. The molecule has 1 aliphatic carbocycles. The van der Waals surface area contributed by atoms with Gasteiger partial charge >= 0.3 is 0 Å². The van der Waals surface area contributed by atoms with Crippen LogP contribution in [-0.2, 0) is 4.79 Å². The molecule has 1 saturated carbocycles. The normalized spacial score (nSPS) is 23.0. The SMILES string of the molecule is COc1ccccc1C1CNCCN1C(=O)C1CC1c1ccc2ccccc2c1.Cl. The smallest absolute Gasteiger partial charge is 0.226 e. The fraction of sp³-hybridized carbons (Fsp3) is 0.320. The number of hydrogen-bond acceptors (Lipinski definition) is 3. The van der Waals surface area contributed by atoms with Gasteiger partial charge < -0.3 is 15.0 Å². The summed E-state index contributed by atoms with van der Waals surface area (Å²) in [5.41, 5.74) is 2.37. The van der Waals surface area contributed by atoms with Gasteiger partial charge in [0.05, 0.1) is 13.2 Å². The number of carbonyl (C=O) groups is 1. The summed E-state index contributed by atoms with van der Waals surface area (Å²) in [6.45, 7) is 2.34. The Kier molecular flexibility index (Phi) is 5.98. The molecule has 0 radical (unpaired) electrons. The summed E-state index contributed by atoms with van der Waals surface area (Å²) in [6.07, 6.45) is 0.944. The summed E-state index contributed by atoms with van der Waals surface area (Å²) in [5, 5.41) is 5.94. The lowest BCUT2D eigenvalue weighted by atomic mass is 10.00. The molecule has 1 saturated heterocycles. The Hall–Kier alpha value is -2.56. The number of benzene rings is 3. The largest absolute Gasteiger partial charge is 0.496 e. The lowest BCUT2D eigenvalue weighted by molar-refractivity contribution is -0.136. The first kappa shape index (κ1) is 20.7. The van der Waals surface area contributed by atoms with Gasteiger partial charge in [-0.05, 0) is 34.7 Å². The average Bonchev–Trinajstić information content (AvgIpc) is 3.59. The van der Waals surface area contributed by atoms with Crippen molar-refractivity contribution in [2.45, 2.75) is 18.4 Å². The van der Waals surface area contributed by atoms with Crippen molar-refractivity contribution in [3.63, 3.8) is 0 Å². The maximum Gasteiger partial charge on any atom is 0.226 e. The molecule has 1 aliphatic heterocycles. The molecule has 3 aromatic carbocycles. The van der Waals surface area contributed by atoms with Gasteiger partial charge in [-0.3, -0.25) is 4.79 Å². The number of halogens is 1. The highest BCUT2D eigenvalue weighted by Gasteiger charge is 2.47. The third kappa shape index (κ3) is 3.78. The topological polar surface area (TPSA) is 41.6 Å². The van der Waals surface area contributed by atoms with Crippen LogP contribution in [0.25, 0.3) is 10.8 Å². The molecule has 3 unspecified atom stereocenters. The highest BCUT2D eigenvalue weighted by atomic mass is 35.5. The van der Waals surface area contributed by atoms with Crippen LogP contribution in [0.15, 0.2) is 66.7 Å². The van der Waals surface area contributed by atoms with Crippen LogP contribution < -0.4 is 10.1 Å². The number of carbonyl (C=O) groups excluding carboxylic acids is 1. The van der Waals surface area contributed by atoms with Crippen LogP contribution in [0.3, 0.4) is 0 Å².